The van der Waals surface area contributed by atoms with Gasteiger partial charge in [-0.25, -0.2) is 14.6 Å². The van der Waals surface area contributed by atoms with E-state index in [1.807, 2.05) is 19.1 Å². The molecule has 1 aliphatic rings. The summed E-state index contributed by atoms with van der Waals surface area (Å²) in [5.74, 6) is 0.0402. The van der Waals surface area contributed by atoms with Crippen molar-refractivity contribution >= 4 is 29.7 Å². The van der Waals surface area contributed by atoms with Gasteiger partial charge in [-0.15, -0.1) is 0 Å². The number of alkyl carbamates (subject to hydrolysis) is 1. The first-order chi connectivity index (χ1) is 11.2. The number of rotatable bonds is 1. The summed E-state index contributed by atoms with van der Waals surface area (Å²) in [6, 6.07) is 5.15. The number of carbonyl (C=O) groups is 2. The van der Waals surface area contributed by atoms with E-state index in [0.29, 0.717) is 23.5 Å². The molecule has 128 valence electrons. The van der Waals surface area contributed by atoms with Crippen molar-refractivity contribution in [2.45, 2.75) is 39.7 Å². The summed E-state index contributed by atoms with van der Waals surface area (Å²) < 4.78 is 9.99. The summed E-state index contributed by atoms with van der Waals surface area (Å²) in [5.41, 5.74) is 2.33. The molecule has 0 aliphatic carbocycles. The average molecular weight is 330 g/mol. The molecule has 2 rings (SSSR count). The normalized spacial score (nSPS) is 13.9. The lowest BCUT2D eigenvalue weighted by atomic mass is 10.1. The van der Waals surface area contributed by atoms with E-state index < -0.39 is 17.7 Å². The minimum atomic E-state index is -0.587. The van der Waals surface area contributed by atoms with Crippen LogP contribution < -0.4 is 5.32 Å². The number of amides is 1. The highest BCUT2D eigenvalue weighted by Gasteiger charge is 2.19. The molecule has 0 fully saturated rings. The number of carbonyl (C=O) groups excluding carboxylic acids is 2. The first-order valence-corrected chi connectivity index (χ1v) is 7.65. The van der Waals surface area contributed by atoms with Crippen LogP contribution in [0.2, 0.25) is 0 Å². The van der Waals surface area contributed by atoms with Gasteiger partial charge in [0, 0.05) is 12.0 Å². The van der Waals surface area contributed by atoms with Crippen LogP contribution in [0.5, 0.6) is 0 Å². The Morgan fingerprint density at radius 1 is 1.25 bits per heavy atom. The lowest BCUT2D eigenvalue weighted by Crippen LogP contribution is -2.36. The molecule has 6 heteroatoms. The van der Waals surface area contributed by atoms with E-state index in [-0.39, 0.29) is 0 Å². The Morgan fingerprint density at radius 2 is 1.96 bits per heavy atom. The third kappa shape index (κ3) is 4.68. The lowest BCUT2D eigenvalue weighted by Gasteiger charge is -2.20. The molecular formula is C18H22N2O4. The maximum atomic E-state index is 12.0. The minimum Gasteiger partial charge on any atom is -0.465 e. The van der Waals surface area contributed by atoms with E-state index in [1.54, 1.807) is 32.9 Å². The summed E-state index contributed by atoms with van der Waals surface area (Å²) >= 11 is 0. The number of hydrogen-bond acceptors (Lipinski definition) is 5. The number of amidine groups is 1. The van der Waals surface area contributed by atoms with Crippen LogP contribution in [0.1, 0.15) is 50.0 Å². The molecule has 1 aromatic carbocycles. The van der Waals surface area contributed by atoms with Crippen LogP contribution in [0.25, 0.3) is 6.08 Å². The number of hydrogen-bond donors (Lipinski definition) is 1. The smallest absolute Gasteiger partial charge is 0.413 e. The van der Waals surface area contributed by atoms with Gasteiger partial charge in [-0.3, -0.25) is 5.32 Å². The fourth-order valence-electron chi connectivity index (χ4n) is 2.27. The van der Waals surface area contributed by atoms with Gasteiger partial charge in [-0.2, -0.15) is 0 Å². The second-order valence-corrected chi connectivity index (χ2v) is 6.62. The van der Waals surface area contributed by atoms with Gasteiger partial charge in [-0.05, 0) is 39.8 Å². The zero-order valence-corrected chi connectivity index (χ0v) is 14.6. The number of esters is 1. The summed E-state index contributed by atoms with van der Waals surface area (Å²) in [6.07, 6.45) is 1.91. The fraction of sp³-hybridized carbons (Fsp3) is 0.389. The Kier molecular flexibility index (Phi) is 5.07. The summed E-state index contributed by atoms with van der Waals surface area (Å²) in [6.45, 7) is 7.34. The Balaban J connectivity index is 2.32. The number of ether oxygens (including phenoxy) is 2. The Morgan fingerprint density at radius 3 is 2.58 bits per heavy atom. The van der Waals surface area contributed by atoms with Crippen molar-refractivity contribution in [3.63, 3.8) is 0 Å². The van der Waals surface area contributed by atoms with Gasteiger partial charge >= 0.3 is 12.1 Å². The first kappa shape index (κ1) is 17.7. The number of nitrogens with zero attached hydrogens (tertiary/aromatic N) is 1. The second kappa shape index (κ2) is 6.86. The van der Waals surface area contributed by atoms with Crippen LogP contribution in [0, 0.1) is 0 Å². The second-order valence-electron chi connectivity index (χ2n) is 6.62. The molecule has 24 heavy (non-hydrogen) atoms. The molecule has 0 saturated heterocycles. The van der Waals surface area contributed by atoms with Crippen molar-refractivity contribution in [1.29, 1.82) is 0 Å². The van der Waals surface area contributed by atoms with Gasteiger partial charge in [0.15, 0.2) is 0 Å². The number of methoxy groups -OCH3 is 1. The highest BCUT2D eigenvalue weighted by molar-refractivity contribution is 6.00. The first-order valence-electron chi connectivity index (χ1n) is 7.65. The molecule has 6 nitrogen and oxygen atoms in total. The van der Waals surface area contributed by atoms with Crippen molar-refractivity contribution in [2.24, 2.45) is 4.99 Å². The van der Waals surface area contributed by atoms with E-state index in [1.165, 1.54) is 7.11 Å². The van der Waals surface area contributed by atoms with E-state index in [0.717, 1.165) is 11.1 Å². The molecule has 0 spiro atoms. The molecule has 0 atom stereocenters. The van der Waals surface area contributed by atoms with E-state index in [9.17, 15) is 9.59 Å². The largest absolute Gasteiger partial charge is 0.465 e. The average Bonchev–Trinajstić information content (AvgIpc) is 2.60. The molecule has 1 amide bonds. The van der Waals surface area contributed by atoms with Gasteiger partial charge in [0.25, 0.3) is 0 Å². The molecule has 1 N–H and O–H groups in total. The molecule has 0 bridgehead atoms. The van der Waals surface area contributed by atoms with Gasteiger partial charge in [0.2, 0.25) is 0 Å². The topological polar surface area (TPSA) is 77.0 Å². The zero-order chi connectivity index (χ0) is 17.9. The van der Waals surface area contributed by atoms with Gasteiger partial charge in [0.05, 0.1) is 18.4 Å². The molecule has 1 heterocycles. The Hall–Kier alpha value is -2.63. The SMILES string of the molecule is COC(=O)c1ccc2c(c1)N=C(NC(=O)OC(C)(C)C)CC(C)=C2. The number of benzene rings is 1. The molecule has 1 aliphatic heterocycles. The molecular weight excluding hydrogens is 308 g/mol. The highest BCUT2D eigenvalue weighted by Crippen LogP contribution is 2.28. The number of aliphatic imine (C=N–C) groups is 1. The van der Waals surface area contributed by atoms with Gasteiger partial charge < -0.3 is 9.47 Å². The van der Waals surface area contributed by atoms with Crippen molar-refractivity contribution in [3.05, 3.63) is 34.9 Å². The van der Waals surface area contributed by atoms with Crippen LogP contribution in [-0.2, 0) is 9.47 Å². The predicted molar refractivity (Wildman–Crippen MR) is 92.5 cm³/mol. The predicted octanol–water partition coefficient (Wildman–Crippen LogP) is 3.83. The van der Waals surface area contributed by atoms with Crippen molar-refractivity contribution < 1.29 is 19.1 Å². The summed E-state index contributed by atoms with van der Waals surface area (Å²) in [5, 5.41) is 2.68. The zero-order valence-electron chi connectivity index (χ0n) is 14.6. The van der Waals surface area contributed by atoms with Crippen LogP contribution in [0.4, 0.5) is 10.5 Å². The van der Waals surface area contributed by atoms with Gasteiger partial charge in [0.1, 0.15) is 11.4 Å². The minimum absolute atomic E-state index is 0.407. The third-order valence-electron chi connectivity index (χ3n) is 3.20. The van der Waals surface area contributed by atoms with Crippen molar-refractivity contribution in [2.75, 3.05) is 7.11 Å². The van der Waals surface area contributed by atoms with Crippen molar-refractivity contribution in [3.8, 4) is 0 Å². The highest BCUT2D eigenvalue weighted by atomic mass is 16.6. The monoisotopic (exact) mass is 330 g/mol. The van der Waals surface area contributed by atoms with Crippen LogP contribution in [0.3, 0.4) is 0 Å². The standard InChI is InChI=1S/C18H22N2O4/c1-11-8-12-6-7-13(16(21)23-5)10-14(12)19-15(9-11)20-17(22)24-18(2,3)4/h6-8,10H,9H2,1-5H3,(H,19,20,22). The Bertz CT molecular complexity index is 727. The third-order valence-corrected chi connectivity index (χ3v) is 3.20. The molecule has 0 radical (unpaired) electrons. The number of nitrogens with one attached hydrogen (secondary N) is 1. The van der Waals surface area contributed by atoms with Crippen LogP contribution >= 0.6 is 0 Å². The maximum absolute atomic E-state index is 12.0. The number of fused-ring (bicyclic) bond motifs is 1. The van der Waals surface area contributed by atoms with Crippen LogP contribution in [-0.4, -0.2) is 30.6 Å². The molecule has 0 saturated carbocycles. The molecule has 1 aromatic rings. The quantitative estimate of drug-likeness (QED) is 0.794. The van der Waals surface area contributed by atoms with E-state index in [4.69, 9.17) is 9.47 Å². The van der Waals surface area contributed by atoms with Gasteiger partial charge in [-0.1, -0.05) is 17.7 Å². The van der Waals surface area contributed by atoms with Crippen LogP contribution in [0.15, 0.2) is 28.8 Å². The van der Waals surface area contributed by atoms with E-state index >= 15 is 0 Å². The van der Waals surface area contributed by atoms with E-state index in [2.05, 4.69) is 10.3 Å². The molecule has 0 unspecified atom stereocenters. The maximum Gasteiger partial charge on any atom is 0.413 e. The molecule has 0 aromatic heterocycles. The lowest BCUT2D eigenvalue weighted by molar-refractivity contribution is 0.0559. The fourth-order valence-corrected chi connectivity index (χ4v) is 2.27. The Labute approximate surface area is 141 Å². The summed E-state index contributed by atoms with van der Waals surface area (Å²) in [4.78, 5) is 28.1. The summed E-state index contributed by atoms with van der Waals surface area (Å²) in [7, 11) is 1.33. The van der Waals surface area contributed by atoms with Crippen molar-refractivity contribution in [1.82, 2.24) is 5.32 Å².